The highest BCUT2D eigenvalue weighted by Crippen LogP contribution is 2.49. The van der Waals surface area contributed by atoms with Crippen LogP contribution in [0.2, 0.25) is 0 Å². The molecule has 1 aliphatic carbocycles. The molecule has 4 aromatic rings. The zero-order valence-corrected chi connectivity index (χ0v) is 21.6. The van der Waals surface area contributed by atoms with E-state index in [1.165, 1.54) is 6.42 Å². The van der Waals surface area contributed by atoms with Crippen molar-refractivity contribution in [2.75, 3.05) is 25.0 Å². The Balaban J connectivity index is 1.22. The number of carbonyl (C=O) groups is 1. The third-order valence-corrected chi connectivity index (χ3v) is 8.65. The minimum atomic E-state index is -0.381. The maximum atomic E-state index is 13.8. The predicted octanol–water partition coefficient (Wildman–Crippen LogP) is 4.26. The highest BCUT2D eigenvalue weighted by molar-refractivity contribution is 5.98. The average molecular weight is 493 g/mol. The van der Waals surface area contributed by atoms with Crippen molar-refractivity contribution < 1.29 is 4.79 Å². The van der Waals surface area contributed by atoms with Crippen molar-refractivity contribution in [1.82, 2.24) is 25.0 Å². The number of likely N-dealkylation sites (N-methyl/N-ethyl adjacent to an activating group) is 1. The number of benzene rings is 2. The summed E-state index contributed by atoms with van der Waals surface area (Å²) >= 11 is 0. The van der Waals surface area contributed by atoms with Crippen molar-refractivity contribution in [3.8, 4) is 11.3 Å². The molecule has 2 aliphatic heterocycles. The summed E-state index contributed by atoms with van der Waals surface area (Å²) in [7, 11) is 4.13. The van der Waals surface area contributed by atoms with Crippen LogP contribution in [0.1, 0.15) is 40.7 Å². The number of piperazine rings is 1. The van der Waals surface area contributed by atoms with Crippen LogP contribution in [0.4, 0.5) is 5.69 Å². The van der Waals surface area contributed by atoms with Gasteiger partial charge in [-0.2, -0.15) is 5.10 Å². The number of nitrogens with one attached hydrogen (secondary N) is 1. The number of aryl methyl sites for hydroxylation is 2. The summed E-state index contributed by atoms with van der Waals surface area (Å²) in [5.74, 6) is 0.00199. The number of rotatable bonds is 5. The van der Waals surface area contributed by atoms with Crippen LogP contribution in [0.3, 0.4) is 0 Å². The molecule has 3 fully saturated rings. The van der Waals surface area contributed by atoms with Crippen LogP contribution >= 0.6 is 0 Å². The van der Waals surface area contributed by atoms with Crippen molar-refractivity contribution in [1.29, 1.82) is 0 Å². The summed E-state index contributed by atoms with van der Waals surface area (Å²) < 4.78 is 1.79. The molecule has 2 bridgehead atoms. The van der Waals surface area contributed by atoms with Crippen molar-refractivity contribution in [2.24, 2.45) is 7.05 Å². The second-order valence-electron chi connectivity index (χ2n) is 11.1. The van der Waals surface area contributed by atoms with Crippen LogP contribution in [-0.4, -0.2) is 57.8 Å². The molecule has 1 N–H and O–H groups in total. The standard InChI is InChI=1S/C30H32N6O/c1-19-8-9-21(36-18-22-12-23(36)17-34(22)2)13-25(19)29(37)33-30(10-11-30)26-14-28(20-15-31-35(3)16-20)32-27-7-5-4-6-24(26)27/h4-9,13-16,22-23H,10-12,17-18H2,1-3H3,(H,33,37)/t22-,23-/m1/s1. The Labute approximate surface area is 217 Å². The molecule has 7 rings (SSSR count). The summed E-state index contributed by atoms with van der Waals surface area (Å²) in [4.78, 5) is 23.7. The molecular formula is C30H32N6O. The molecular weight excluding hydrogens is 460 g/mol. The summed E-state index contributed by atoms with van der Waals surface area (Å²) in [5, 5.41) is 8.89. The van der Waals surface area contributed by atoms with Gasteiger partial charge in [-0.25, -0.2) is 4.98 Å². The van der Waals surface area contributed by atoms with Gasteiger partial charge in [0.1, 0.15) is 0 Å². The molecule has 2 aromatic carbocycles. The van der Waals surface area contributed by atoms with Gasteiger partial charge >= 0.3 is 0 Å². The van der Waals surface area contributed by atoms with Crippen LogP contribution in [-0.2, 0) is 12.6 Å². The first-order valence-corrected chi connectivity index (χ1v) is 13.2. The number of hydrogen-bond donors (Lipinski definition) is 1. The largest absolute Gasteiger partial charge is 0.366 e. The first-order chi connectivity index (χ1) is 17.9. The number of fused-ring (bicyclic) bond motifs is 3. The topological polar surface area (TPSA) is 66.3 Å². The maximum absolute atomic E-state index is 13.8. The van der Waals surface area contributed by atoms with Gasteiger partial charge in [0.05, 0.1) is 22.9 Å². The zero-order valence-electron chi connectivity index (χ0n) is 21.6. The fourth-order valence-electron chi connectivity index (χ4n) is 6.36. The van der Waals surface area contributed by atoms with Gasteiger partial charge in [0.15, 0.2) is 0 Å². The normalized spacial score (nSPS) is 22.1. The van der Waals surface area contributed by atoms with Crippen LogP contribution in [0.5, 0.6) is 0 Å². The maximum Gasteiger partial charge on any atom is 0.252 e. The molecule has 2 aromatic heterocycles. The van der Waals surface area contributed by atoms with Crippen LogP contribution in [0, 0.1) is 6.92 Å². The summed E-state index contributed by atoms with van der Waals surface area (Å²) in [6.45, 7) is 4.16. The van der Waals surface area contributed by atoms with E-state index in [1.807, 2.05) is 44.6 Å². The van der Waals surface area contributed by atoms with E-state index >= 15 is 0 Å². The van der Waals surface area contributed by atoms with Gasteiger partial charge in [-0.1, -0.05) is 24.3 Å². The molecule has 7 nitrogen and oxygen atoms in total. The number of hydrogen-bond acceptors (Lipinski definition) is 5. The molecule has 188 valence electrons. The van der Waals surface area contributed by atoms with E-state index in [0.29, 0.717) is 12.1 Å². The molecule has 2 saturated heterocycles. The van der Waals surface area contributed by atoms with Gasteiger partial charge < -0.3 is 10.2 Å². The van der Waals surface area contributed by atoms with Gasteiger partial charge in [-0.15, -0.1) is 0 Å². The highest BCUT2D eigenvalue weighted by atomic mass is 16.1. The second-order valence-corrected chi connectivity index (χ2v) is 11.1. The molecule has 7 heteroatoms. The van der Waals surface area contributed by atoms with E-state index in [4.69, 9.17) is 4.98 Å². The van der Waals surface area contributed by atoms with Crippen LogP contribution in [0.15, 0.2) is 60.9 Å². The second kappa shape index (κ2) is 8.15. The van der Waals surface area contributed by atoms with Gasteiger partial charge in [-0.05, 0) is 68.6 Å². The van der Waals surface area contributed by atoms with E-state index < -0.39 is 0 Å². The molecule has 4 heterocycles. The quantitative estimate of drug-likeness (QED) is 0.451. The first-order valence-electron chi connectivity index (χ1n) is 13.2. The number of anilines is 1. The predicted molar refractivity (Wildman–Crippen MR) is 146 cm³/mol. The minimum absolute atomic E-state index is 0.00199. The van der Waals surface area contributed by atoms with E-state index in [9.17, 15) is 4.79 Å². The fourth-order valence-corrected chi connectivity index (χ4v) is 6.36. The number of para-hydroxylation sites is 1. The van der Waals surface area contributed by atoms with Crippen molar-refractivity contribution in [3.63, 3.8) is 0 Å². The monoisotopic (exact) mass is 492 g/mol. The molecule has 0 unspecified atom stereocenters. The van der Waals surface area contributed by atoms with E-state index in [-0.39, 0.29) is 11.4 Å². The molecule has 1 saturated carbocycles. The Hall–Kier alpha value is -3.71. The SMILES string of the molecule is Cc1ccc(N2C[C@H]3C[C@@H]2CN3C)cc1C(=O)NC1(c2cc(-c3cnn(C)c3)nc3ccccc23)CC1. The van der Waals surface area contributed by atoms with Crippen LogP contribution < -0.4 is 10.2 Å². The van der Waals surface area contributed by atoms with Gasteiger partial charge in [-0.3, -0.25) is 14.4 Å². The van der Waals surface area contributed by atoms with Crippen molar-refractivity contribution >= 4 is 22.5 Å². The molecule has 0 radical (unpaired) electrons. The Bertz CT molecular complexity index is 1530. The van der Waals surface area contributed by atoms with Gasteiger partial charge in [0.2, 0.25) is 0 Å². The number of carbonyl (C=O) groups excluding carboxylic acids is 1. The van der Waals surface area contributed by atoms with Crippen LogP contribution in [0.25, 0.3) is 22.2 Å². The Morgan fingerprint density at radius 2 is 1.89 bits per heavy atom. The van der Waals surface area contributed by atoms with Gasteiger partial charge in [0.25, 0.3) is 5.91 Å². The number of amides is 1. The number of nitrogens with zero attached hydrogens (tertiary/aromatic N) is 5. The Morgan fingerprint density at radius 3 is 2.59 bits per heavy atom. The number of aromatic nitrogens is 3. The lowest BCUT2D eigenvalue weighted by molar-refractivity contribution is 0.0930. The third kappa shape index (κ3) is 3.72. The summed E-state index contributed by atoms with van der Waals surface area (Å²) in [5.41, 5.74) is 6.49. The number of pyridine rings is 1. The molecule has 1 amide bonds. The first kappa shape index (κ1) is 22.5. The average Bonchev–Trinajstić information content (AvgIpc) is 3.19. The molecule has 2 atom stereocenters. The lowest BCUT2D eigenvalue weighted by Gasteiger charge is -2.34. The molecule has 37 heavy (non-hydrogen) atoms. The Kier molecular flexibility index (Phi) is 4.95. The number of likely N-dealkylation sites (tertiary alicyclic amines) is 1. The summed E-state index contributed by atoms with van der Waals surface area (Å²) in [6, 6.07) is 17.9. The van der Waals surface area contributed by atoms with E-state index in [2.05, 4.69) is 57.6 Å². The van der Waals surface area contributed by atoms with Crippen molar-refractivity contribution in [2.45, 2.75) is 43.8 Å². The fraction of sp³-hybridized carbons (Fsp3) is 0.367. The molecule has 3 aliphatic rings. The lowest BCUT2D eigenvalue weighted by Crippen LogP contribution is -2.44. The minimum Gasteiger partial charge on any atom is -0.366 e. The summed E-state index contributed by atoms with van der Waals surface area (Å²) in [6.07, 6.45) is 6.87. The lowest BCUT2D eigenvalue weighted by atomic mass is 9.96. The zero-order chi connectivity index (χ0) is 25.3. The van der Waals surface area contributed by atoms with E-state index in [0.717, 1.165) is 70.5 Å². The third-order valence-electron chi connectivity index (χ3n) is 8.65. The van der Waals surface area contributed by atoms with Gasteiger partial charge in [0, 0.05) is 60.6 Å². The smallest absolute Gasteiger partial charge is 0.252 e. The Morgan fingerprint density at radius 1 is 1.05 bits per heavy atom. The van der Waals surface area contributed by atoms with E-state index in [1.54, 1.807) is 4.68 Å². The molecule has 0 spiro atoms. The highest BCUT2D eigenvalue weighted by Gasteiger charge is 2.47. The van der Waals surface area contributed by atoms with Crippen molar-refractivity contribution in [3.05, 3.63) is 77.6 Å².